The Bertz CT molecular complexity index is 1300. The van der Waals surface area contributed by atoms with Gasteiger partial charge in [-0.05, 0) is 84.8 Å². The van der Waals surface area contributed by atoms with E-state index < -0.39 is 11.6 Å². The van der Waals surface area contributed by atoms with Crippen molar-refractivity contribution >= 4 is 5.57 Å². The highest BCUT2D eigenvalue weighted by atomic mass is 19.2. The standard InChI is InChI=1S/C38H45F3/c1-3-5-7-8-9-10-11-12-14-32-23-26-35(38(41)37(32)40)31-21-19-30(20-22-31)34-25-24-33(27-36(34)39)29-17-15-28(16-18-29)13-6-4-2/h4,17,19-28H,2-3,5-16,18H2,1H3. The molecule has 0 N–H and O–H groups in total. The molecule has 218 valence electrons. The number of rotatable bonds is 15. The predicted molar refractivity (Wildman–Crippen MR) is 168 cm³/mol. The molecule has 3 aromatic carbocycles. The van der Waals surface area contributed by atoms with E-state index in [4.69, 9.17) is 0 Å². The molecule has 0 aromatic heterocycles. The molecule has 1 atom stereocenters. The van der Waals surface area contributed by atoms with E-state index in [1.165, 1.54) is 37.7 Å². The van der Waals surface area contributed by atoms with Gasteiger partial charge >= 0.3 is 0 Å². The molecule has 0 saturated carbocycles. The fourth-order valence-corrected chi connectivity index (χ4v) is 6.00. The van der Waals surface area contributed by atoms with Gasteiger partial charge in [-0.1, -0.05) is 113 Å². The summed E-state index contributed by atoms with van der Waals surface area (Å²) in [5.41, 5.74) is 4.63. The first-order valence-electron chi connectivity index (χ1n) is 15.7. The van der Waals surface area contributed by atoms with Gasteiger partial charge in [-0.2, -0.15) is 0 Å². The van der Waals surface area contributed by atoms with E-state index in [0.717, 1.165) is 56.9 Å². The highest BCUT2D eigenvalue weighted by Crippen LogP contribution is 2.35. The first-order valence-corrected chi connectivity index (χ1v) is 15.7. The van der Waals surface area contributed by atoms with Gasteiger partial charge in [0.1, 0.15) is 5.82 Å². The Hall–Kier alpha value is -3.07. The van der Waals surface area contributed by atoms with E-state index in [1.54, 1.807) is 42.5 Å². The quantitative estimate of drug-likeness (QED) is 0.129. The van der Waals surface area contributed by atoms with Crippen molar-refractivity contribution in [2.24, 2.45) is 5.92 Å². The average Bonchev–Trinajstić information content (AvgIpc) is 3.00. The van der Waals surface area contributed by atoms with Crippen molar-refractivity contribution in [2.75, 3.05) is 0 Å². The topological polar surface area (TPSA) is 0 Å². The van der Waals surface area contributed by atoms with Crippen molar-refractivity contribution in [1.29, 1.82) is 0 Å². The molecule has 0 nitrogen and oxygen atoms in total. The van der Waals surface area contributed by atoms with Crippen molar-refractivity contribution in [1.82, 2.24) is 0 Å². The lowest BCUT2D eigenvalue weighted by Crippen LogP contribution is -2.05. The minimum Gasteiger partial charge on any atom is -0.206 e. The summed E-state index contributed by atoms with van der Waals surface area (Å²) in [5, 5.41) is 0. The molecule has 0 fully saturated rings. The van der Waals surface area contributed by atoms with Crippen LogP contribution in [0.5, 0.6) is 0 Å². The molecule has 0 radical (unpaired) electrons. The molecular formula is C38H45F3. The molecule has 0 aliphatic heterocycles. The van der Waals surface area contributed by atoms with E-state index in [-0.39, 0.29) is 11.4 Å². The van der Waals surface area contributed by atoms with Crippen LogP contribution in [0, 0.1) is 23.4 Å². The molecule has 0 heterocycles. The smallest absolute Gasteiger partial charge is 0.166 e. The Morgan fingerprint density at radius 2 is 1.39 bits per heavy atom. The summed E-state index contributed by atoms with van der Waals surface area (Å²) in [6, 6.07) is 15.9. The predicted octanol–water partition coefficient (Wildman–Crippen LogP) is 12.3. The van der Waals surface area contributed by atoms with Crippen LogP contribution >= 0.6 is 0 Å². The summed E-state index contributed by atoms with van der Waals surface area (Å²) in [7, 11) is 0. The summed E-state index contributed by atoms with van der Waals surface area (Å²) in [4.78, 5) is 0. The van der Waals surface area contributed by atoms with Crippen LogP contribution in [0.4, 0.5) is 13.2 Å². The monoisotopic (exact) mass is 558 g/mol. The Labute approximate surface area is 245 Å². The third kappa shape index (κ3) is 8.47. The number of hydrogen-bond donors (Lipinski definition) is 0. The Morgan fingerprint density at radius 1 is 0.756 bits per heavy atom. The number of benzene rings is 3. The Morgan fingerprint density at radius 3 is 2.02 bits per heavy atom. The minimum absolute atomic E-state index is 0.236. The third-order valence-electron chi connectivity index (χ3n) is 8.61. The third-order valence-corrected chi connectivity index (χ3v) is 8.61. The molecule has 41 heavy (non-hydrogen) atoms. The van der Waals surface area contributed by atoms with Crippen LogP contribution in [0.3, 0.4) is 0 Å². The number of halogens is 3. The van der Waals surface area contributed by atoms with Gasteiger partial charge in [0, 0.05) is 11.1 Å². The van der Waals surface area contributed by atoms with E-state index >= 15 is 8.78 Å². The number of unbranched alkanes of at least 4 members (excludes halogenated alkanes) is 7. The summed E-state index contributed by atoms with van der Waals surface area (Å²) < 4.78 is 45.1. The minimum atomic E-state index is -0.808. The van der Waals surface area contributed by atoms with Gasteiger partial charge in [0.05, 0.1) is 0 Å². The Kier molecular flexibility index (Phi) is 11.9. The van der Waals surface area contributed by atoms with Gasteiger partial charge in [-0.25, -0.2) is 13.2 Å². The highest BCUT2D eigenvalue weighted by Gasteiger charge is 2.17. The van der Waals surface area contributed by atoms with Crippen molar-refractivity contribution in [3.63, 3.8) is 0 Å². The fraction of sp³-hybridized carbons (Fsp3) is 0.421. The molecule has 4 rings (SSSR count). The van der Waals surface area contributed by atoms with Gasteiger partial charge in [-0.15, -0.1) is 6.58 Å². The average molecular weight is 559 g/mol. The van der Waals surface area contributed by atoms with E-state index in [2.05, 4.69) is 19.6 Å². The van der Waals surface area contributed by atoms with Gasteiger partial charge in [-0.3, -0.25) is 0 Å². The highest BCUT2D eigenvalue weighted by molar-refractivity contribution is 5.74. The molecule has 1 aliphatic carbocycles. The largest absolute Gasteiger partial charge is 0.206 e. The van der Waals surface area contributed by atoms with Crippen LogP contribution in [0.2, 0.25) is 0 Å². The zero-order valence-corrected chi connectivity index (χ0v) is 24.7. The first kappa shape index (κ1) is 30.9. The first-order chi connectivity index (χ1) is 20.0. The molecular weight excluding hydrogens is 513 g/mol. The van der Waals surface area contributed by atoms with E-state index in [0.29, 0.717) is 34.6 Å². The van der Waals surface area contributed by atoms with Crippen molar-refractivity contribution < 1.29 is 13.2 Å². The van der Waals surface area contributed by atoms with Crippen LogP contribution in [-0.4, -0.2) is 0 Å². The molecule has 3 aromatic rings. The van der Waals surface area contributed by atoms with Crippen molar-refractivity contribution in [3.8, 4) is 22.3 Å². The lowest BCUT2D eigenvalue weighted by molar-refractivity contribution is 0.454. The van der Waals surface area contributed by atoms with Gasteiger partial charge in [0.2, 0.25) is 0 Å². The zero-order valence-electron chi connectivity index (χ0n) is 24.7. The van der Waals surface area contributed by atoms with Gasteiger partial charge in [0.15, 0.2) is 11.6 Å². The van der Waals surface area contributed by atoms with Crippen LogP contribution in [0.25, 0.3) is 27.8 Å². The molecule has 1 unspecified atom stereocenters. The number of hydrogen-bond acceptors (Lipinski definition) is 0. The maximum atomic E-state index is 15.2. The van der Waals surface area contributed by atoms with Crippen molar-refractivity contribution in [3.05, 3.63) is 102 Å². The maximum absolute atomic E-state index is 15.2. The summed E-state index contributed by atoms with van der Waals surface area (Å²) in [5.74, 6) is -1.14. The summed E-state index contributed by atoms with van der Waals surface area (Å²) in [6.45, 7) is 6.03. The number of aryl methyl sites for hydroxylation is 1. The molecule has 0 spiro atoms. The maximum Gasteiger partial charge on any atom is 0.166 e. The molecule has 0 bridgehead atoms. The normalized spacial score (nSPS) is 15.1. The van der Waals surface area contributed by atoms with Crippen molar-refractivity contribution in [2.45, 2.75) is 96.8 Å². The zero-order chi connectivity index (χ0) is 29.0. The SMILES string of the molecule is C=CCCC1CC=C(c2ccc(-c3ccc(-c4ccc(CCCCCCCCCC)c(F)c4F)cc3)c(F)c2)CC1. The molecule has 3 heteroatoms. The van der Waals surface area contributed by atoms with E-state index in [1.807, 2.05) is 18.2 Å². The molecule has 1 aliphatic rings. The molecule has 0 saturated heterocycles. The number of allylic oxidation sites excluding steroid dienone is 3. The van der Waals surface area contributed by atoms with Gasteiger partial charge < -0.3 is 0 Å². The van der Waals surface area contributed by atoms with Crippen LogP contribution in [0.1, 0.15) is 102 Å². The molecule has 0 amide bonds. The Balaban J connectivity index is 1.36. The second-order valence-electron chi connectivity index (χ2n) is 11.6. The second kappa shape index (κ2) is 15.8. The second-order valence-corrected chi connectivity index (χ2v) is 11.6. The van der Waals surface area contributed by atoms with Crippen LogP contribution < -0.4 is 0 Å². The van der Waals surface area contributed by atoms with Gasteiger partial charge in [0.25, 0.3) is 0 Å². The summed E-state index contributed by atoms with van der Waals surface area (Å²) in [6.07, 6.45) is 19.5. The van der Waals surface area contributed by atoms with Crippen LogP contribution in [-0.2, 0) is 6.42 Å². The lowest BCUT2D eigenvalue weighted by atomic mass is 9.84. The van der Waals surface area contributed by atoms with Crippen LogP contribution in [0.15, 0.2) is 73.3 Å². The fourth-order valence-electron chi connectivity index (χ4n) is 6.00. The summed E-state index contributed by atoms with van der Waals surface area (Å²) >= 11 is 0. The lowest BCUT2D eigenvalue weighted by Gasteiger charge is -2.22. The van der Waals surface area contributed by atoms with E-state index in [9.17, 15) is 4.39 Å².